The first-order valence-electron chi connectivity index (χ1n) is 9.17. The predicted molar refractivity (Wildman–Crippen MR) is 109 cm³/mol. The van der Waals surface area contributed by atoms with Crippen LogP contribution >= 0.6 is 0 Å². The van der Waals surface area contributed by atoms with Crippen LogP contribution in [0.5, 0.6) is 0 Å². The average molecular weight is 390 g/mol. The lowest BCUT2D eigenvalue weighted by molar-refractivity contribution is 0.0749. The van der Waals surface area contributed by atoms with Crippen LogP contribution in [-0.4, -0.2) is 34.9 Å². The minimum atomic E-state index is -1.32. The molecule has 0 aliphatic carbocycles. The predicted octanol–water partition coefficient (Wildman–Crippen LogP) is 2.28. The van der Waals surface area contributed by atoms with Crippen LogP contribution in [0.2, 0.25) is 0 Å². The fourth-order valence-corrected chi connectivity index (χ4v) is 3.32. The molecule has 1 atom stereocenters. The van der Waals surface area contributed by atoms with Crippen LogP contribution in [-0.2, 0) is 11.2 Å². The fraction of sp³-hybridized carbons (Fsp3) is 0.238. The molecule has 0 amide bonds. The highest BCUT2D eigenvalue weighted by molar-refractivity contribution is 5.85. The maximum absolute atomic E-state index is 11.2. The fourth-order valence-electron chi connectivity index (χ4n) is 3.32. The molecule has 8 nitrogen and oxygen atoms in total. The minimum absolute atomic E-state index is 0.118. The summed E-state index contributed by atoms with van der Waals surface area (Å²) in [4.78, 5) is 12.5. The molecule has 0 bridgehead atoms. The van der Waals surface area contributed by atoms with Crippen LogP contribution in [0.15, 0.2) is 54.9 Å². The highest BCUT2D eigenvalue weighted by atomic mass is 16.3. The minimum Gasteiger partial charge on any atom is -0.384 e. The molecule has 148 valence electrons. The maximum Gasteiger partial charge on any atom is 0.221 e. The molecule has 1 unspecified atom stereocenters. The van der Waals surface area contributed by atoms with Gasteiger partial charge in [-0.25, -0.2) is 9.67 Å². The second-order valence-electron chi connectivity index (χ2n) is 7.61. The van der Waals surface area contributed by atoms with Gasteiger partial charge in [0.15, 0.2) is 5.82 Å². The van der Waals surface area contributed by atoms with Crippen molar-refractivity contribution in [2.75, 3.05) is 5.73 Å². The van der Waals surface area contributed by atoms with Crippen molar-refractivity contribution in [2.24, 2.45) is 0 Å². The second-order valence-corrected chi connectivity index (χ2v) is 7.61. The number of nitrogens with zero attached hydrogens (tertiary/aromatic N) is 5. The van der Waals surface area contributed by atoms with E-state index in [9.17, 15) is 10.2 Å². The lowest BCUT2D eigenvalue weighted by Gasteiger charge is -2.23. The summed E-state index contributed by atoms with van der Waals surface area (Å²) < 4.78 is 1.60. The first kappa shape index (κ1) is 19.0. The molecule has 0 spiro atoms. The Hall–Kier alpha value is -3.36. The molecule has 4 aromatic rings. The van der Waals surface area contributed by atoms with E-state index < -0.39 is 11.2 Å². The van der Waals surface area contributed by atoms with Crippen LogP contribution in [0, 0.1) is 0 Å². The van der Waals surface area contributed by atoms with Gasteiger partial charge in [0.1, 0.15) is 16.9 Å². The molecule has 0 saturated heterocycles. The van der Waals surface area contributed by atoms with Gasteiger partial charge in [-0.3, -0.25) is 4.98 Å². The van der Waals surface area contributed by atoms with Crippen molar-refractivity contribution < 1.29 is 10.2 Å². The topological polar surface area (TPSA) is 123 Å². The summed E-state index contributed by atoms with van der Waals surface area (Å²) in [6.45, 7) is 5.04. The molecule has 0 fully saturated rings. The van der Waals surface area contributed by atoms with E-state index in [0.29, 0.717) is 28.3 Å². The Kier molecular flexibility index (Phi) is 4.33. The number of hydrogen-bond acceptors (Lipinski definition) is 7. The molecule has 1 aromatic carbocycles. The summed E-state index contributed by atoms with van der Waals surface area (Å²) in [5.41, 5.74) is 5.59. The summed E-state index contributed by atoms with van der Waals surface area (Å²) in [5, 5.41) is 27.2. The molecule has 8 heteroatoms. The van der Waals surface area contributed by atoms with Gasteiger partial charge in [-0.2, -0.15) is 10.1 Å². The van der Waals surface area contributed by atoms with E-state index in [2.05, 4.69) is 20.1 Å². The van der Waals surface area contributed by atoms with Gasteiger partial charge in [0, 0.05) is 23.8 Å². The van der Waals surface area contributed by atoms with Gasteiger partial charge < -0.3 is 15.9 Å². The molecule has 29 heavy (non-hydrogen) atoms. The Balaban J connectivity index is 1.97. The number of aromatic nitrogens is 5. The van der Waals surface area contributed by atoms with Crippen LogP contribution in [0.4, 0.5) is 5.95 Å². The van der Waals surface area contributed by atoms with Gasteiger partial charge in [0.05, 0.1) is 11.2 Å². The first-order valence-corrected chi connectivity index (χ1v) is 9.17. The normalized spacial score (nSPS) is 14.1. The standard InChI is InChI=1S/C21H22N6O2/c1-20(2,28)18-14-8-7-13(21(3,29)16-6-4-5-10-23-16)12-15(14)27(26-18)17-9-11-24-19(22)25-17/h4-12,28-29H,1-3H3,(H2,22,24,25). The number of anilines is 1. The number of aliphatic hydroxyl groups is 2. The van der Waals surface area contributed by atoms with Crippen molar-refractivity contribution in [3.63, 3.8) is 0 Å². The number of nitrogens with two attached hydrogens (primary N) is 1. The van der Waals surface area contributed by atoms with Crippen LogP contribution < -0.4 is 5.73 Å². The SMILES string of the molecule is CC(C)(O)c1nn(-c2ccnc(N)n2)c2cc(C(C)(O)c3ccccn3)ccc12. The molecule has 0 saturated carbocycles. The van der Waals surface area contributed by atoms with E-state index in [1.54, 1.807) is 56.0 Å². The number of nitrogen functional groups attached to an aromatic ring is 1. The van der Waals surface area contributed by atoms with E-state index in [0.717, 1.165) is 5.39 Å². The van der Waals surface area contributed by atoms with E-state index in [1.807, 2.05) is 24.3 Å². The van der Waals surface area contributed by atoms with Crippen LogP contribution in [0.1, 0.15) is 37.7 Å². The second kappa shape index (κ2) is 6.61. The van der Waals surface area contributed by atoms with Crippen LogP contribution in [0.3, 0.4) is 0 Å². The van der Waals surface area contributed by atoms with Crippen molar-refractivity contribution in [3.05, 3.63) is 71.8 Å². The monoisotopic (exact) mass is 390 g/mol. The summed E-state index contributed by atoms with van der Waals surface area (Å²) in [7, 11) is 0. The average Bonchev–Trinajstić information content (AvgIpc) is 3.08. The third-order valence-electron chi connectivity index (χ3n) is 4.86. The molecular formula is C21H22N6O2. The molecule has 0 radical (unpaired) electrons. The van der Waals surface area contributed by atoms with Crippen molar-refractivity contribution in [2.45, 2.75) is 32.0 Å². The molecule has 3 heterocycles. The zero-order valence-corrected chi connectivity index (χ0v) is 16.4. The number of hydrogen-bond donors (Lipinski definition) is 3. The van der Waals surface area contributed by atoms with E-state index in [1.165, 1.54) is 0 Å². The van der Waals surface area contributed by atoms with Gasteiger partial charge in [-0.1, -0.05) is 18.2 Å². The van der Waals surface area contributed by atoms with Crippen molar-refractivity contribution in [1.29, 1.82) is 0 Å². The van der Waals surface area contributed by atoms with Crippen molar-refractivity contribution in [1.82, 2.24) is 24.7 Å². The summed E-state index contributed by atoms with van der Waals surface area (Å²) in [5.74, 6) is 0.584. The smallest absolute Gasteiger partial charge is 0.221 e. The molecule has 4 N–H and O–H groups in total. The highest BCUT2D eigenvalue weighted by Crippen LogP contribution is 2.34. The van der Waals surface area contributed by atoms with E-state index in [4.69, 9.17) is 5.73 Å². The Labute approximate surface area is 167 Å². The molecule has 3 aromatic heterocycles. The first-order chi connectivity index (χ1) is 13.7. The lowest BCUT2D eigenvalue weighted by atomic mass is 9.90. The highest BCUT2D eigenvalue weighted by Gasteiger charge is 2.30. The quantitative estimate of drug-likeness (QED) is 0.488. The maximum atomic E-state index is 11.2. The Morgan fingerprint density at radius 1 is 0.966 bits per heavy atom. The third-order valence-corrected chi connectivity index (χ3v) is 4.86. The number of rotatable bonds is 4. The van der Waals surface area contributed by atoms with Crippen molar-refractivity contribution >= 4 is 16.9 Å². The van der Waals surface area contributed by atoms with Gasteiger partial charge in [-0.15, -0.1) is 0 Å². The number of fused-ring (bicyclic) bond motifs is 1. The molecular weight excluding hydrogens is 368 g/mol. The Morgan fingerprint density at radius 2 is 1.76 bits per heavy atom. The summed E-state index contributed by atoms with van der Waals surface area (Å²) in [6, 6.07) is 12.6. The zero-order chi connectivity index (χ0) is 20.8. The summed E-state index contributed by atoms with van der Waals surface area (Å²) in [6.07, 6.45) is 3.19. The molecule has 0 aliphatic heterocycles. The zero-order valence-electron chi connectivity index (χ0n) is 16.4. The Morgan fingerprint density at radius 3 is 2.41 bits per heavy atom. The number of benzene rings is 1. The van der Waals surface area contributed by atoms with E-state index in [-0.39, 0.29) is 5.95 Å². The van der Waals surface area contributed by atoms with Gasteiger partial charge >= 0.3 is 0 Å². The largest absolute Gasteiger partial charge is 0.384 e. The van der Waals surface area contributed by atoms with Crippen LogP contribution in [0.25, 0.3) is 16.7 Å². The number of pyridine rings is 1. The lowest BCUT2D eigenvalue weighted by Crippen LogP contribution is -2.24. The van der Waals surface area contributed by atoms with Gasteiger partial charge in [-0.05, 0) is 44.5 Å². The third kappa shape index (κ3) is 3.32. The Bertz CT molecular complexity index is 1180. The van der Waals surface area contributed by atoms with E-state index >= 15 is 0 Å². The van der Waals surface area contributed by atoms with Gasteiger partial charge in [0.2, 0.25) is 5.95 Å². The molecule has 0 aliphatic rings. The van der Waals surface area contributed by atoms with Crippen molar-refractivity contribution in [3.8, 4) is 5.82 Å². The molecule has 4 rings (SSSR count). The summed E-state index contributed by atoms with van der Waals surface area (Å²) >= 11 is 0. The van der Waals surface area contributed by atoms with Gasteiger partial charge in [0.25, 0.3) is 0 Å².